The third-order valence-corrected chi connectivity index (χ3v) is 3.43. The number of nitrogens with one attached hydrogen (secondary N) is 3. The standard InChI is InChI=1S/C11H21N5O2/c1-9(17)13-14-11(18)8-15-2-4-16(5-3-15)10-6-12-7-10/h10,12H,2-8H2,1H3,(H,13,17)(H,14,18). The van der Waals surface area contributed by atoms with Crippen LogP contribution in [0.3, 0.4) is 0 Å². The Morgan fingerprint density at radius 2 is 1.83 bits per heavy atom. The van der Waals surface area contributed by atoms with Crippen molar-refractivity contribution in [3.05, 3.63) is 0 Å². The average molecular weight is 255 g/mol. The zero-order valence-corrected chi connectivity index (χ0v) is 10.7. The highest BCUT2D eigenvalue weighted by molar-refractivity contribution is 5.81. The molecule has 0 saturated carbocycles. The Hall–Kier alpha value is -1.18. The zero-order valence-electron chi connectivity index (χ0n) is 10.7. The fourth-order valence-electron chi connectivity index (χ4n) is 2.22. The lowest BCUT2D eigenvalue weighted by atomic mass is 10.1. The molecule has 2 saturated heterocycles. The SMILES string of the molecule is CC(=O)NNC(=O)CN1CCN(C2CNC2)CC1. The minimum absolute atomic E-state index is 0.163. The highest BCUT2D eigenvalue weighted by Gasteiger charge is 2.28. The first kappa shape index (κ1) is 13.3. The van der Waals surface area contributed by atoms with Crippen LogP contribution < -0.4 is 16.2 Å². The van der Waals surface area contributed by atoms with Crippen molar-refractivity contribution in [1.29, 1.82) is 0 Å². The number of nitrogens with zero attached hydrogens (tertiary/aromatic N) is 2. The third kappa shape index (κ3) is 3.66. The van der Waals surface area contributed by atoms with Crippen LogP contribution in [0.1, 0.15) is 6.92 Å². The summed E-state index contributed by atoms with van der Waals surface area (Å²) in [5, 5.41) is 3.27. The number of hydrogen-bond acceptors (Lipinski definition) is 5. The summed E-state index contributed by atoms with van der Waals surface area (Å²) < 4.78 is 0. The molecule has 2 rings (SSSR count). The second kappa shape index (κ2) is 6.12. The maximum absolute atomic E-state index is 11.5. The summed E-state index contributed by atoms with van der Waals surface area (Å²) in [6, 6.07) is 0.681. The van der Waals surface area contributed by atoms with Crippen molar-refractivity contribution in [3.8, 4) is 0 Å². The van der Waals surface area contributed by atoms with E-state index >= 15 is 0 Å². The fourth-order valence-corrected chi connectivity index (χ4v) is 2.22. The molecule has 2 aliphatic rings. The van der Waals surface area contributed by atoms with Gasteiger partial charge in [0, 0.05) is 52.2 Å². The molecule has 0 bridgehead atoms. The van der Waals surface area contributed by atoms with Crippen LogP contribution in [0.15, 0.2) is 0 Å². The van der Waals surface area contributed by atoms with E-state index in [1.54, 1.807) is 0 Å². The zero-order chi connectivity index (χ0) is 13.0. The van der Waals surface area contributed by atoms with Crippen LogP contribution >= 0.6 is 0 Å². The number of amides is 2. The molecule has 0 spiro atoms. The van der Waals surface area contributed by atoms with E-state index in [1.165, 1.54) is 6.92 Å². The van der Waals surface area contributed by atoms with Gasteiger partial charge in [-0.15, -0.1) is 0 Å². The van der Waals surface area contributed by atoms with Gasteiger partial charge >= 0.3 is 0 Å². The van der Waals surface area contributed by atoms with Crippen molar-refractivity contribution in [2.24, 2.45) is 0 Å². The summed E-state index contributed by atoms with van der Waals surface area (Å²) in [5.74, 6) is -0.422. The van der Waals surface area contributed by atoms with Gasteiger partial charge in [-0.3, -0.25) is 30.2 Å². The second-order valence-corrected chi connectivity index (χ2v) is 4.85. The van der Waals surface area contributed by atoms with Crippen LogP contribution in [-0.2, 0) is 9.59 Å². The van der Waals surface area contributed by atoms with Gasteiger partial charge in [0.25, 0.3) is 5.91 Å². The molecule has 0 unspecified atom stereocenters. The van der Waals surface area contributed by atoms with Crippen molar-refractivity contribution in [3.63, 3.8) is 0 Å². The summed E-state index contributed by atoms with van der Waals surface area (Å²) in [7, 11) is 0. The van der Waals surface area contributed by atoms with Gasteiger partial charge in [0.1, 0.15) is 0 Å². The lowest BCUT2D eigenvalue weighted by Crippen LogP contribution is -2.62. The highest BCUT2D eigenvalue weighted by atomic mass is 16.2. The first-order valence-electron chi connectivity index (χ1n) is 6.37. The smallest absolute Gasteiger partial charge is 0.252 e. The van der Waals surface area contributed by atoms with E-state index in [2.05, 4.69) is 26.0 Å². The summed E-state index contributed by atoms with van der Waals surface area (Å²) in [6.45, 7) is 7.72. The molecule has 0 aromatic carbocycles. The van der Waals surface area contributed by atoms with Gasteiger partial charge < -0.3 is 5.32 Å². The number of carbonyl (C=O) groups is 2. The molecule has 2 heterocycles. The molecule has 0 aliphatic carbocycles. The maximum atomic E-state index is 11.5. The normalized spacial score (nSPS) is 22.3. The molecule has 0 aromatic heterocycles. The van der Waals surface area contributed by atoms with Gasteiger partial charge in [-0.2, -0.15) is 0 Å². The summed E-state index contributed by atoms with van der Waals surface area (Å²) in [4.78, 5) is 26.7. The Labute approximate surface area is 107 Å². The number of carbonyl (C=O) groups excluding carboxylic acids is 2. The Morgan fingerprint density at radius 1 is 1.17 bits per heavy atom. The Balaban J connectivity index is 1.63. The molecule has 7 heteroatoms. The molecule has 0 atom stereocenters. The number of hydrogen-bond donors (Lipinski definition) is 3. The summed E-state index contributed by atoms with van der Waals surface area (Å²) >= 11 is 0. The lowest BCUT2D eigenvalue weighted by Gasteiger charge is -2.43. The molecule has 2 fully saturated rings. The Kier molecular flexibility index (Phi) is 4.51. The van der Waals surface area contributed by atoms with Gasteiger partial charge in [-0.05, 0) is 0 Å². The van der Waals surface area contributed by atoms with Crippen LogP contribution in [-0.4, -0.2) is 73.5 Å². The van der Waals surface area contributed by atoms with Gasteiger partial charge in [0.05, 0.1) is 6.54 Å². The molecule has 2 amide bonds. The summed E-state index contributed by atoms with van der Waals surface area (Å²) in [5.41, 5.74) is 4.68. The second-order valence-electron chi connectivity index (χ2n) is 4.85. The van der Waals surface area contributed by atoms with Crippen molar-refractivity contribution in [2.75, 3.05) is 45.8 Å². The third-order valence-electron chi connectivity index (χ3n) is 3.43. The molecule has 102 valence electrons. The van der Waals surface area contributed by atoms with E-state index in [0.717, 1.165) is 39.3 Å². The average Bonchev–Trinajstić information content (AvgIpc) is 2.27. The summed E-state index contributed by atoms with van der Waals surface area (Å²) in [6.07, 6.45) is 0. The number of piperazine rings is 1. The van der Waals surface area contributed by atoms with Crippen molar-refractivity contribution in [1.82, 2.24) is 26.0 Å². The number of rotatable bonds is 3. The molecule has 7 nitrogen and oxygen atoms in total. The van der Waals surface area contributed by atoms with Crippen molar-refractivity contribution in [2.45, 2.75) is 13.0 Å². The Bertz CT molecular complexity index is 311. The van der Waals surface area contributed by atoms with Crippen LogP contribution in [0, 0.1) is 0 Å². The molecule has 18 heavy (non-hydrogen) atoms. The molecule has 3 N–H and O–H groups in total. The van der Waals surface area contributed by atoms with Crippen LogP contribution in [0.2, 0.25) is 0 Å². The Morgan fingerprint density at radius 3 is 2.33 bits per heavy atom. The minimum Gasteiger partial charge on any atom is -0.314 e. The van der Waals surface area contributed by atoms with Gasteiger partial charge in [-0.1, -0.05) is 0 Å². The van der Waals surface area contributed by atoms with E-state index in [1.807, 2.05) is 0 Å². The monoisotopic (exact) mass is 255 g/mol. The van der Waals surface area contributed by atoms with Gasteiger partial charge in [0.2, 0.25) is 5.91 Å². The molecular formula is C11H21N5O2. The van der Waals surface area contributed by atoms with E-state index in [4.69, 9.17) is 0 Å². The first-order chi connectivity index (χ1) is 8.65. The maximum Gasteiger partial charge on any atom is 0.252 e. The van der Waals surface area contributed by atoms with Crippen molar-refractivity contribution >= 4 is 11.8 Å². The first-order valence-corrected chi connectivity index (χ1v) is 6.37. The van der Waals surface area contributed by atoms with Gasteiger partial charge in [0.15, 0.2) is 0 Å². The van der Waals surface area contributed by atoms with Crippen LogP contribution in [0.25, 0.3) is 0 Å². The largest absolute Gasteiger partial charge is 0.314 e. The molecular weight excluding hydrogens is 234 g/mol. The van der Waals surface area contributed by atoms with Gasteiger partial charge in [-0.25, -0.2) is 0 Å². The topological polar surface area (TPSA) is 76.7 Å². The van der Waals surface area contributed by atoms with E-state index in [-0.39, 0.29) is 11.8 Å². The molecule has 0 radical (unpaired) electrons. The quantitative estimate of drug-likeness (QED) is 0.496. The molecule has 2 aliphatic heterocycles. The van der Waals surface area contributed by atoms with E-state index in [0.29, 0.717) is 12.6 Å². The molecule has 0 aromatic rings. The lowest BCUT2D eigenvalue weighted by molar-refractivity contribution is -0.128. The minimum atomic E-state index is -0.259. The van der Waals surface area contributed by atoms with Crippen LogP contribution in [0.4, 0.5) is 0 Å². The van der Waals surface area contributed by atoms with E-state index in [9.17, 15) is 9.59 Å². The van der Waals surface area contributed by atoms with E-state index < -0.39 is 0 Å². The fraction of sp³-hybridized carbons (Fsp3) is 0.818. The predicted molar refractivity (Wildman–Crippen MR) is 66.6 cm³/mol. The predicted octanol–water partition coefficient (Wildman–Crippen LogP) is -2.26. The van der Waals surface area contributed by atoms with Crippen LogP contribution in [0.5, 0.6) is 0 Å². The number of hydrazine groups is 1. The van der Waals surface area contributed by atoms with Crippen molar-refractivity contribution < 1.29 is 9.59 Å². The highest BCUT2D eigenvalue weighted by Crippen LogP contribution is 2.09.